The van der Waals surface area contributed by atoms with E-state index < -0.39 is 0 Å². The predicted molar refractivity (Wildman–Crippen MR) is 151 cm³/mol. The van der Waals surface area contributed by atoms with E-state index in [0.717, 1.165) is 64.1 Å². The molecule has 3 aromatic rings. The number of carbonyl (C=O) groups is 1. The summed E-state index contributed by atoms with van der Waals surface area (Å²) < 4.78 is 13.2. The van der Waals surface area contributed by atoms with Gasteiger partial charge < -0.3 is 10.2 Å². The third kappa shape index (κ3) is 7.45. The second kappa shape index (κ2) is 14.8. The fraction of sp³-hybridized carbons (Fsp3) is 0.345. The van der Waals surface area contributed by atoms with E-state index >= 15 is 0 Å². The summed E-state index contributed by atoms with van der Waals surface area (Å²) >= 11 is 0. The first-order valence-electron chi connectivity index (χ1n) is 12.2. The molecule has 36 heavy (non-hydrogen) atoms. The third-order valence-corrected chi connectivity index (χ3v) is 7.07. The maximum atomic E-state index is 13.2. The van der Waals surface area contributed by atoms with E-state index in [1.54, 1.807) is 0 Å². The zero-order valence-corrected chi connectivity index (χ0v) is 22.2. The third-order valence-electron chi connectivity index (χ3n) is 7.07. The molecule has 4 nitrogen and oxygen atoms in total. The topological polar surface area (TPSA) is 35.6 Å². The van der Waals surface area contributed by atoms with Crippen LogP contribution in [-0.4, -0.2) is 50.6 Å². The maximum Gasteiger partial charge on any atom is 0.207 e. The first kappa shape index (κ1) is 29.6. The number of amides is 1. The summed E-state index contributed by atoms with van der Waals surface area (Å²) in [6.07, 6.45) is 3.74. The summed E-state index contributed by atoms with van der Waals surface area (Å²) in [4.78, 5) is 15.9. The van der Waals surface area contributed by atoms with Crippen molar-refractivity contribution in [1.29, 1.82) is 0 Å². The molecule has 1 aliphatic heterocycles. The summed E-state index contributed by atoms with van der Waals surface area (Å²) in [5.74, 6) is -0.189. The number of rotatable bonds is 11. The summed E-state index contributed by atoms with van der Waals surface area (Å²) in [6, 6.07) is 28.2. The van der Waals surface area contributed by atoms with Gasteiger partial charge in [-0.05, 0) is 61.2 Å². The molecular formula is C29H36Cl2FN3O. The Morgan fingerprint density at radius 3 is 1.86 bits per heavy atom. The van der Waals surface area contributed by atoms with Crippen LogP contribution in [0, 0.1) is 5.82 Å². The van der Waals surface area contributed by atoms with Gasteiger partial charge in [-0.15, -0.1) is 24.8 Å². The number of piperazine rings is 1. The van der Waals surface area contributed by atoms with Gasteiger partial charge in [0.25, 0.3) is 0 Å². The minimum Gasteiger partial charge on any atom is -0.369 e. The SMILES string of the molecule is Cl.Cl.O=CNCCC(CCCN1CCN(c2ccc(F)cc2)CC1)(c1ccccc1)c1ccccc1. The van der Waals surface area contributed by atoms with Crippen LogP contribution < -0.4 is 10.2 Å². The number of anilines is 1. The highest BCUT2D eigenvalue weighted by atomic mass is 35.5. The zero-order chi connectivity index (χ0) is 23.6. The van der Waals surface area contributed by atoms with Crippen LogP contribution in [0.1, 0.15) is 30.4 Å². The van der Waals surface area contributed by atoms with Gasteiger partial charge in [-0.25, -0.2) is 4.39 Å². The van der Waals surface area contributed by atoms with Crippen molar-refractivity contribution in [3.63, 3.8) is 0 Å². The zero-order valence-electron chi connectivity index (χ0n) is 20.5. The van der Waals surface area contributed by atoms with E-state index in [-0.39, 0.29) is 36.0 Å². The number of nitrogens with zero attached hydrogens (tertiary/aromatic N) is 2. The van der Waals surface area contributed by atoms with Gasteiger partial charge in [-0.1, -0.05) is 60.7 Å². The van der Waals surface area contributed by atoms with Gasteiger partial charge in [-0.2, -0.15) is 0 Å². The van der Waals surface area contributed by atoms with E-state index in [9.17, 15) is 9.18 Å². The number of nitrogens with one attached hydrogen (secondary N) is 1. The van der Waals surface area contributed by atoms with E-state index in [4.69, 9.17) is 0 Å². The Balaban J connectivity index is 0.00000228. The smallest absolute Gasteiger partial charge is 0.207 e. The van der Waals surface area contributed by atoms with Crippen molar-refractivity contribution in [2.75, 3.05) is 44.2 Å². The fourth-order valence-electron chi connectivity index (χ4n) is 5.21. The van der Waals surface area contributed by atoms with Crippen molar-refractivity contribution in [1.82, 2.24) is 10.2 Å². The molecule has 1 fully saturated rings. The molecule has 1 amide bonds. The van der Waals surface area contributed by atoms with Crippen molar-refractivity contribution in [3.8, 4) is 0 Å². The molecule has 194 valence electrons. The van der Waals surface area contributed by atoms with E-state index in [0.29, 0.717) is 6.54 Å². The van der Waals surface area contributed by atoms with Gasteiger partial charge in [0.1, 0.15) is 5.82 Å². The Morgan fingerprint density at radius 2 is 1.33 bits per heavy atom. The van der Waals surface area contributed by atoms with Gasteiger partial charge in [0.2, 0.25) is 6.41 Å². The lowest BCUT2D eigenvalue weighted by Crippen LogP contribution is -2.47. The normalized spacial score (nSPS) is 13.9. The molecule has 7 heteroatoms. The molecule has 3 aromatic carbocycles. The number of halogens is 3. The molecule has 0 spiro atoms. The highest BCUT2D eigenvalue weighted by molar-refractivity contribution is 5.85. The highest BCUT2D eigenvalue weighted by Gasteiger charge is 2.33. The van der Waals surface area contributed by atoms with Crippen molar-refractivity contribution >= 4 is 36.9 Å². The average Bonchev–Trinajstić information content (AvgIpc) is 2.90. The Labute approximate surface area is 226 Å². The lowest BCUT2D eigenvalue weighted by molar-refractivity contribution is -0.109. The minimum absolute atomic E-state index is 0. The molecule has 0 aliphatic carbocycles. The van der Waals surface area contributed by atoms with Gasteiger partial charge in [-0.3, -0.25) is 9.69 Å². The summed E-state index contributed by atoms with van der Waals surface area (Å²) in [7, 11) is 0. The van der Waals surface area contributed by atoms with Crippen LogP contribution in [0.5, 0.6) is 0 Å². The van der Waals surface area contributed by atoms with Crippen LogP contribution in [0.4, 0.5) is 10.1 Å². The molecule has 0 atom stereocenters. The van der Waals surface area contributed by atoms with Gasteiger partial charge >= 0.3 is 0 Å². The van der Waals surface area contributed by atoms with Crippen LogP contribution in [0.25, 0.3) is 0 Å². The summed E-state index contributed by atoms with van der Waals surface area (Å²) in [5, 5.41) is 2.89. The molecular weight excluding hydrogens is 496 g/mol. The van der Waals surface area contributed by atoms with Gasteiger partial charge in [0.05, 0.1) is 0 Å². The van der Waals surface area contributed by atoms with Crippen molar-refractivity contribution in [3.05, 3.63) is 102 Å². The number of carbonyl (C=O) groups excluding carboxylic acids is 1. The quantitative estimate of drug-likeness (QED) is 0.255. The minimum atomic E-state index is -0.189. The van der Waals surface area contributed by atoms with E-state index in [1.807, 2.05) is 12.1 Å². The van der Waals surface area contributed by atoms with Gasteiger partial charge in [0.15, 0.2) is 0 Å². The molecule has 0 aromatic heterocycles. The standard InChI is InChI=1S/C29H34FN3O.2ClH/c30-27-12-14-28(15-13-27)33-22-20-32(21-23-33)19-7-16-29(17-18-31-24-34,25-8-3-1-4-9-25)26-10-5-2-6-11-26;;/h1-6,8-15,24H,7,16-23H2,(H,31,34);2*1H. The number of benzene rings is 3. The Bertz CT molecular complexity index is 974. The van der Waals surface area contributed by atoms with Crippen LogP contribution in [0.2, 0.25) is 0 Å². The Hall–Kier alpha value is -2.60. The largest absolute Gasteiger partial charge is 0.369 e. The maximum absolute atomic E-state index is 13.2. The van der Waals surface area contributed by atoms with E-state index in [2.05, 4.69) is 75.8 Å². The Kier molecular flexibility index (Phi) is 12.2. The van der Waals surface area contributed by atoms with E-state index in [1.165, 1.54) is 23.3 Å². The van der Waals surface area contributed by atoms with Crippen molar-refractivity contribution in [2.45, 2.75) is 24.7 Å². The molecule has 0 radical (unpaired) electrons. The average molecular weight is 533 g/mol. The molecule has 4 rings (SSSR count). The lowest BCUT2D eigenvalue weighted by atomic mass is 9.69. The molecule has 0 saturated carbocycles. The molecule has 1 aliphatic rings. The summed E-state index contributed by atoms with van der Waals surface area (Å²) in [6.45, 7) is 5.61. The van der Waals surface area contributed by atoms with Crippen LogP contribution in [-0.2, 0) is 10.2 Å². The van der Waals surface area contributed by atoms with Gasteiger partial charge in [0, 0.05) is 43.8 Å². The fourth-order valence-corrected chi connectivity index (χ4v) is 5.21. The second-order valence-corrected chi connectivity index (χ2v) is 9.04. The highest BCUT2D eigenvalue weighted by Crippen LogP contribution is 2.40. The van der Waals surface area contributed by atoms with Crippen molar-refractivity contribution in [2.24, 2.45) is 0 Å². The Morgan fingerprint density at radius 1 is 0.778 bits per heavy atom. The first-order chi connectivity index (χ1) is 16.7. The predicted octanol–water partition coefficient (Wildman–Crippen LogP) is 5.69. The lowest BCUT2D eigenvalue weighted by Gasteiger charge is -2.38. The van der Waals surface area contributed by atoms with Crippen LogP contribution in [0.15, 0.2) is 84.9 Å². The number of hydrogen-bond acceptors (Lipinski definition) is 3. The monoisotopic (exact) mass is 531 g/mol. The molecule has 1 saturated heterocycles. The van der Waals surface area contributed by atoms with Crippen LogP contribution >= 0.6 is 24.8 Å². The van der Waals surface area contributed by atoms with Crippen molar-refractivity contribution < 1.29 is 9.18 Å². The molecule has 1 heterocycles. The molecule has 1 N–H and O–H groups in total. The number of hydrogen-bond donors (Lipinski definition) is 1. The summed E-state index contributed by atoms with van der Waals surface area (Å²) in [5.41, 5.74) is 3.55. The van der Waals surface area contributed by atoms with Crippen LogP contribution in [0.3, 0.4) is 0 Å². The molecule has 0 unspecified atom stereocenters. The molecule has 0 bridgehead atoms. The second-order valence-electron chi connectivity index (χ2n) is 9.04. The first-order valence-corrected chi connectivity index (χ1v) is 12.2.